The van der Waals surface area contributed by atoms with E-state index in [9.17, 15) is 4.39 Å². The minimum Gasteiger partial charge on any atom is -0.271 e. The first kappa shape index (κ1) is 14.2. The van der Waals surface area contributed by atoms with Crippen LogP contribution in [-0.4, -0.2) is 0 Å². The highest BCUT2D eigenvalue weighted by Crippen LogP contribution is 2.30. The van der Waals surface area contributed by atoms with E-state index in [1.54, 1.807) is 6.07 Å². The van der Waals surface area contributed by atoms with Crippen LogP contribution in [0.5, 0.6) is 0 Å². The topological polar surface area (TPSA) is 38.0 Å². The van der Waals surface area contributed by atoms with Gasteiger partial charge in [0.2, 0.25) is 0 Å². The summed E-state index contributed by atoms with van der Waals surface area (Å²) in [5.41, 5.74) is 6.28. The van der Waals surface area contributed by atoms with Crippen molar-refractivity contribution in [1.29, 1.82) is 0 Å². The first-order valence-electron chi connectivity index (χ1n) is 6.01. The van der Waals surface area contributed by atoms with Crippen molar-refractivity contribution >= 4 is 15.9 Å². The lowest BCUT2D eigenvalue weighted by molar-refractivity contribution is 0.558. The van der Waals surface area contributed by atoms with Crippen LogP contribution >= 0.6 is 15.9 Å². The van der Waals surface area contributed by atoms with Crippen molar-refractivity contribution in [1.82, 2.24) is 5.43 Å². The predicted molar refractivity (Wildman–Crippen MR) is 79.2 cm³/mol. The SMILES string of the molecule is Cc1ccc(F)c(C(NN)c2cccc(Br)c2C)c1. The highest BCUT2D eigenvalue weighted by molar-refractivity contribution is 9.10. The Morgan fingerprint density at radius 1 is 1.16 bits per heavy atom. The fraction of sp³-hybridized carbons (Fsp3) is 0.200. The monoisotopic (exact) mass is 322 g/mol. The lowest BCUT2D eigenvalue weighted by Gasteiger charge is -2.20. The van der Waals surface area contributed by atoms with Crippen LogP contribution in [-0.2, 0) is 0 Å². The smallest absolute Gasteiger partial charge is 0.128 e. The molecule has 2 aromatic rings. The average molecular weight is 323 g/mol. The summed E-state index contributed by atoms with van der Waals surface area (Å²) in [5, 5.41) is 0. The van der Waals surface area contributed by atoms with Gasteiger partial charge in [-0.3, -0.25) is 5.84 Å². The standard InChI is InChI=1S/C15H16BrFN2/c1-9-6-7-14(17)12(8-9)15(19-18)11-4-3-5-13(16)10(11)2/h3-8,15,19H,18H2,1-2H3. The molecule has 0 heterocycles. The Labute approximate surface area is 120 Å². The van der Waals surface area contributed by atoms with Crippen molar-refractivity contribution in [2.75, 3.05) is 0 Å². The van der Waals surface area contributed by atoms with Gasteiger partial charge in [0, 0.05) is 10.0 Å². The van der Waals surface area contributed by atoms with Gasteiger partial charge in [0.25, 0.3) is 0 Å². The molecule has 3 N–H and O–H groups in total. The molecule has 0 aliphatic heterocycles. The molecule has 0 saturated heterocycles. The molecule has 19 heavy (non-hydrogen) atoms. The zero-order valence-corrected chi connectivity index (χ0v) is 12.5. The number of rotatable bonds is 3. The molecule has 0 aromatic heterocycles. The van der Waals surface area contributed by atoms with Crippen LogP contribution in [0.3, 0.4) is 0 Å². The summed E-state index contributed by atoms with van der Waals surface area (Å²) in [7, 11) is 0. The Kier molecular flexibility index (Phi) is 4.34. The van der Waals surface area contributed by atoms with Gasteiger partial charge in [-0.2, -0.15) is 0 Å². The maximum absolute atomic E-state index is 14.0. The molecule has 2 aromatic carbocycles. The zero-order chi connectivity index (χ0) is 14.0. The second-order valence-corrected chi connectivity index (χ2v) is 5.43. The van der Waals surface area contributed by atoms with Gasteiger partial charge in [0.05, 0.1) is 6.04 Å². The zero-order valence-electron chi connectivity index (χ0n) is 10.9. The third kappa shape index (κ3) is 2.86. The number of aryl methyl sites for hydroxylation is 1. The molecule has 2 rings (SSSR count). The quantitative estimate of drug-likeness (QED) is 0.667. The summed E-state index contributed by atoms with van der Waals surface area (Å²) in [6.07, 6.45) is 0. The van der Waals surface area contributed by atoms with Gasteiger partial charge in [-0.25, -0.2) is 9.82 Å². The van der Waals surface area contributed by atoms with E-state index in [1.807, 2.05) is 38.1 Å². The van der Waals surface area contributed by atoms with Crippen LogP contribution in [0, 0.1) is 19.7 Å². The third-order valence-corrected chi connectivity index (χ3v) is 4.11. The lowest BCUT2D eigenvalue weighted by atomic mass is 9.94. The van der Waals surface area contributed by atoms with Crippen LogP contribution in [0.15, 0.2) is 40.9 Å². The Morgan fingerprint density at radius 3 is 2.58 bits per heavy atom. The molecule has 0 bridgehead atoms. The Hall–Kier alpha value is -1.23. The number of nitrogens with one attached hydrogen (secondary N) is 1. The molecule has 4 heteroatoms. The lowest BCUT2D eigenvalue weighted by Crippen LogP contribution is -2.30. The summed E-state index contributed by atoms with van der Waals surface area (Å²) in [5.74, 6) is 5.39. The van der Waals surface area contributed by atoms with Gasteiger partial charge in [0.1, 0.15) is 5.82 Å². The van der Waals surface area contributed by atoms with E-state index in [-0.39, 0.29) is 11.9 Å². The molecule has 0 spiro atoms. The average Bonchev–Trinajstić information content (AvgIpc) is 2.39. The van der Waals surface area contributed by atoms with E-state index in [2.05, 4.69) is 21.4 Å². The van der Waals surface area contributed by atoms with Gasteiger partial charge in [-0.1, -0.05) is 45.8 Å². The minimum absolute atomic E-state index is 0.257. The van der Waals surface area contributed by atoms with Gasteiger partial charge in [0.15, 0.2) is 0 Å². The predicted octanol–water partition coefficient (Wildman–Crippen LogP) is 3.76. The summed E-state index contributed by atoms with van der Waals surface area (Å²) in [6.45, 7) is 3.92. The molecule has 0 aliphatic carbocycles. The van der Waals surface area contributed by atoms with Crippen LogP contribution in [0.25, 0.3) is 0 Å². The molecule has 0 radical (unpaired) electrons. The van der Waals surface area contributed by atoms with Crippen molar-refractivity contribution in [3.8, 4) is 0 Å². The van der Waals surface area contributed by atoms with Crippen molar-refractivity contribution in [2.24, 2.45) is 5.84 Å². The van der Waals surface area contributed by atoms with Crippen molar-refractivity contribution in [2.45, 2.75) is 19.9 Å². The van der Waals surface area contributed by atoms with Gasteiger partial charge < -0.3 is 0 Å². The van der Waals surface area contributed by atoms with Crippen LogP contribution in [0.2, 0.25) is 0 Å². The van der Waals surface area contributed by atoms with Crippen molar-refractivity contribution in [3.05, 3.63) is 68.9 Å². The van der Waals surface area contributed by atoms with E-state index < -0.39 is 0 Å². The van der Waals surface area contributed by atoms with E-state index in [4.69, 9.17) is 5.84 Å². The molecule has 0 amide bonds. The molecule has 1 atom stereocenters. The summed E-state index contributed by atoms with van der Waals surface area (Å²) >= 11 is 3.49. The number of nitrogens with two attached hydrogens (primary N) is 1. The third-order valence-electron chi connectivity index (χ3n) is 3.25. The number of benzene rings is 2. The van der Waals surface area contributed by atoms with Gasteiger partial charge in [-0.05, 0) is 37.1 Å². The number of hydrogen-bond acceptors (Lipinski definition) is 2. The van der Waals surface area contributed by atoms with Crippen molar-refractivity contribution in [3.63, 3.8) is 0 Å². The second kappa shape index (κ2) is 5.82. The summed E-state index contributed by atoms with van der Waals surface area (Å²) in [6, 6.07) is 10.5. The van der Waals surface area contributed by atoms with E-state index in [0.717, 1.165) is 21.2 Å². The van der Waals surface area contributed by atoms with Crippen LogP contribution in [0.4, 0.5) is 4.39 Å². The Morgan fingerprint density at radius 2 is 1.89 bits per heavy atom. The highest BCUT2D eigenvalue weighted by Gasteiger charge is 2.19. The molecular formula is C15H16BrFN2. The number of hydrazine groups is 1. The normalized spacial score (nSPS) is 12.5. The summed E-state index contributed by atoms with van der Waals surface area (Å²) in [4.78, 5) is 0. The maximum atomic E-state index is 14.0. The molecular weight excluding hydrogens is 307 g/mol. The Bertz CT molecular complexity index is 597. The highest BCUT2D eigenvalue weighted by atomic mass is 79.9. The maximum Gasteiger partial charge on any atom is 0.128 e. The number of halogens is 2. The molecule has 2 nitrogen and oxygen atoms in total. The van der Waals surface area contributed by atoms with Crippen LogP contribution < -0.4 is 11.3 Å². The van der Waals surface area contributed by atoms with Gasteiger partial charge in [-0.15, -0.1) is 0 Å². The fourth-order valence-electron chi connectivity index (χ4n) is 2.17. The first-order valence-corrected chi connectivity index (χ1v) is 6.81. The van der Waals surface area contributed by atoms with Crippen LogP contribution in [0.1, 0.15) is 28.3 Å². The molecule has 0 saturated carbocycles. The second-order valence-electron chi connectivity index (χ2n) is 4.58. The molecule has 0 aliphatic rings. The molecule has 1 unspecified atom stereocenters. The fourth-order valence-corrected chi connectivity index (χ4v) is 2.55. The largest absolute Gasteiger partial charge is 0.271 e. The van der Waals surface area contributed by atoms with E-state index in [0.29, 0.717) is 5.56 Å². The van der Waals surface area contributed by atoms with Gasteiger partial charge >= 0.3 is 0 Å². The molecule has 0 fully saturated rings. The Balaban J connectivity index is 2.56. The van der Waals surface area contributed by atoms with E-state index >= 15 is 0 Å². The van der Waals surface area contributed by atoms with Crippen molar-refractivity contribution < 1.29 is 4.39 Å². The summed E-state index contributed by atoms with van der Waals surface area (Å²) < 4.78 is 15.0. The molecule has 100 valence electrons. The first-order chi connectivity index (χ1) is 9.04. The van der Waals surface area contributed by atoms with E-state index in [1.165, 1.54) is 6.07 Å². The minimum atomic E-state index is -0.364. The number of hydrogen-bond donors (Lipinski definition) is 2.